The van der Waals surface area contributed by atoms with Crippen LogP contribution in [0.3, 0.4) is 0 Å². The smallest absolute Gasteiger partial charge is 0.341 e. The molecule has 0 bridgehead atoms. The van der Waals surface area contributed by atoms with Gasteiger partial charge in [0.15, 0.2) is 11.6 Å². The molecule has 0 amide bonds. The van der Waals surface area contributed by atoms with Crippen LogP contribution in [0.4, 0.5) is 13.2 Å². The molecule has 122 valence electrons. The highest BCUT2D eigenvalue weighted by molar-refractivity contribution is 6.35. The van der Waals surface area contributed by atoms with Gasteiger partial charge < -0.3 is 9.67 Å². The third kappa shape index (κ3) is 2.22. The minimum atomic E-state index is -1.50. The van der Waals surface area contributed by atoms with Crippen LogP contribution in [0, 0.1) is 11.6 Å². The molecule has 0 aliphatic heterocycles. The Balaban J connectivity index is 2.59. The van der Waals surface area contributed by atoms with Gasteiger partial charge in [0.05, 0.1) is 16.9 Å². The van der Waals surface area contributed by atoms with Gasteiger partial charge in [-0.05, 0) is 12.5 Å². The average molecular weight is 346 g/mol. The van der Waals surface area contributed by atoms with Gasteiger partial charge in [-0.1, -0.05) is 18.5 Å². The highest BCUT2D eigenvalue weighted by atomic mass is 35.5. The zero-order valence-electron chi connectivity index (χ0n) is 11.9. The van der Waals surface area contributed by atoms with Crippen molar-refractivity contribution in [1.82, 2.24) is 4.57 Å². The summed E-state index contributed by atoms with van der Waals surface area (Å²) in [6.45, 7) is 1.59. The maximum atomic E-state index is 13.8. The molecule has 1 heterocycles. The summed E-state index contributed by atoms with van der Waals surface area (Å²) in [6, 6.07) is -0.134. The van der Waals surface area contributed by atoms with E-state index in [2.05, 4.69) is 0 Å². The summed E-state index contributed by atoms with van der Waals surface area (Å²) >= 11 is 5.84. The molecule has 0 saturated heterocycles. The van der Waals surface area contributed by atoms with Gasteiger partial charge in [-0.3, -0.25) is 4.79 Å². The average Bonchev–Trinajstić information content (AvgIpc) is 3.21. The van der Waals surface area contributed by atoms with Gasteiger partial charge in [-0.2, -0.15) is 0 Å². The van der Waals surface area contributed by atoms with Gasteiger partial charge in [0, 0.05) is 12.1 Å². The number of alkyl halides is 1. The molecular weight excluding hydrogens is 335 g/mol. The van der Waals surface area contributed by atoms with Crippen LogP contribution >= 0.6 is 11.6 Å². The van der Waals surface area contributed by atoms with E-state index in [0.717, 1.165) is 0 Å². The van der Waals surface area contributed by atoms with Crippen LogP contribution in [-0.2, 0) is 6.42 Å². The van der Waals surface area contributed by atoms with Crippen molar-refractivity contribution in [1.29, 1.82) is 0 Å². The van der Waals surface area contributed by atoms with E-state index in [-0.39, 0.29) is 29.4 Å². The Labute approximate surface area is 133 Å². The molecule has 2 atom stereocenters. The van der Waals surface area contributed by atoms with Crippen molar-refractivity contribution in [3.8, 4) is 0 Å². The first-order valence-corrected chi connectivity index (χ1v) is 7.29. The standard InChI is InChI=1S/C15H11ClF3NO3/c1-2-8-10(15(22)23)14(21)5-3-7(18)12(19)11(16)13(5)20(8)9-4-6(9)17/h3,6,9H,2,4H2,1H3,(H,22,23)/t6-,9+/m0/s1. The lowest BCUT2D eigenvalue weighted by atomic mass is 10.0. The van der Waals surface area contributed by atoms with E-state index in [9.17, 15) is 27.9 Å². The van der Waals surface area contributed by atoms with Crippen LogP contribution in [0.1, 0.15) is 35.4 Å². The van der Waals surface area contributed by atoms with Crippen LogP contribution < -0.4 is 5.43 Å². The number of carboxylic acids is 1. The Kier molecular flexibility index (Phi) is 3.63. The number of halogens is 4. The molecule has 0 radical (unpaired) electrons. The van der Waals surface area contributed by atoms with Gasteiger partial charge in [0.25, 0.3) is 0 Å². The fourth-order valence-corrected chi connectivity index (χ4v) is 3.15. The number of aromatic carboxylic acids is 1. The van der Waals surface area contributed by atoms with Crippen LogP contribution in [-0.4, -0.2) is 21.8 Å². The Morgan fingerprint density at radius 2 is 2.09 bits per heavy atom. The Morgan fingerprint density at radius 3 is 2.57 bits per heavy atom. The van der Waals surface area contributed by atoms with Crippen molar-refractivity contribution in [3.05, 3.63) is 44.2 Å². The van der Waals surface area contributed by atoms with Gasteiger partial charge in [0.1, 0.15) is 16.8 Å². The number of rotatable bonds is 3. The highest BCUT2D eigenvalue weighted by Gasteiger charge is 2.42. The van der Waals surface area contributed by atoms with Gasteiger partial charge in [-0.15, -0.1) is 0 Å². The van der Waals surface area contributed by atoms with E-state index < -0.39 is 45.8 Å². The Bertz CT molecular complexity index is 909. The quantitative estimate of drug-likeness (QED) is 0.866. The lowest BCUT2D eigenvalue weighted by molar-refractivity contribution is 0.0693. The third-order valence-electron chi connectivity index (χ3n) is 3.99. The summed E-state index contributed by atoms with van der Waals surface area (Å²) in [6.07, 6.45) is -1.05. The van der Waals surface area contributed by atoms with E-state index in [1.165, 1.54) is 4.57 Å². The first-order valence-electron chi connectivity index (χ1n) is 6.91. The second-order valence-electron chi connectivity index (χ2n) is 5.38. The number of carbonyl (C=O) groups is 1. The number of benzene rings is 1. The molecule has 4 nitrogen and oxygen atoms in total. The van der Waals surface area contributed by atoms with E-state index in [0.29, 0.717) is 6.07 Å². The van der Waals surface area contributed by atoms with Gasteiger partial charge >= 0.3 is 5.97 Å². The van der Waals surface area contributed by atoms with Crippen LogP contribution in [0.25, 0.3) is 10.9 Å². The number of pyridine rings is 1. The lowest BCUT2D eigenvalue weighted by Crippen LogP contribution is -2.25. The summed E-state index contributed by atoms with van der Waals surface area (Å²) in [4.78, 5) is 23.9. The highest BCUT2D eigenvalue weighted by Crippen LogP contribution is 2.43. The van der Waals surface area contributed by atoms with Gasteiger partial charge in [-0.25, -0.2) is 18.0 Å². The summed E-state index contributed by atoms with van der Waals surface area (Å²) in [5, 5.41) is 8.29. The normalized spacial score (nSPS) is 20.0. The monoisotopic (exact) mass is 345 g/mol. The number of hydrogen-bond acceptors (Lipinski definition) is 2. The van der Waals surface area contributed by atoms with E-state index in [1.54, 1.807) is 6.92 Å². The second kappa shape index (κ2) is 5.26. The Morgan fingerprint density at radius 1 is 1.48 bits per heavy atom. The minimum Gasteiger partial charge on any atom is -0.477 e. The zero-order chi connectivity index (χ0) is 17.0. The number of aromatic nitrogens is 1. The van der Waals surface area contributed by atoms with Crippen LogP contribution in [0.5, 0.6) is 0 Å². The topological polar surface area (TPSA) is 59.3 Å². The molecule has 1 saturated carbocycles. The number of hydrogen-bond donors (Lipinski definition) is 1. The summed E-state index contributed by atoms with van der Waals surface area (Å²) in [7, 11) is 0. The number of carboxylic acid groups (broad SMARTS) is 1. The summed E-state index contributed by atoms with van der Waals surface area (Å²) in [5.41, 5.74) is -1.64. The summed E-state index contributed by atoms with van der Waals surface area (Å²) in [5.74, 6) is -4.22. The fourth-order valence-electron chi connectivity index (χ4n) is 2.87. The van der Waals surface area contributed by atoms with Crippen molar-refractivity contribution < 1.29 is 23.1 Å². The van der Waals surface area contributed by atoms with Crippen molar-refractivity contribution in [3.63, 3.8) is 0 Å². The molecule has 23 heavy (non-hydrogen) atoms. The maximum absolute atomic E-state index is 13.8. The predicted octanol–water partition coefficient (Wildman–Crippen LogP) is 3.48. The van der Waals surface area contributed by atoms with Crippen molar-refractivity contribution >= 4 is 28.5 Å². The first-order chi connectivity index (χ1) is 10.8. The molecule has 1 fully saturated rings. The molecule has 2 aromatic rings. The maximum Gasteiger partial charge on any atom is 0.341 e. The van der Waals surface area contributed by atoms with E-state index >= 15 is 0 Å². The number of fused-ring (bicyclic) bond motifs is 1. The minimum absolute atomic E-state index is 0.0491. The SMILES string of the molecule is CCc1c(C(=O)O)c(=O)c2cc(F)c(F)c(Cl)c2n1[C@@H]1C[C@@H]1F. The van der Waals surface area contributed by atoms with Crippen LogP contribution in [0.15, 0.2) is 10.9 Å². The molecular formula is C15H11ClF3NO3. The van der Waals surface area contributed by atoms with Crippen molar-refractivity contribution in [2.75, 3.05) is 0 Å². The molecule has 1 aromatic heterocycles. The molecule has 1 aliphatic carbocycles. The number of nitrogens with zero attached hydrogens (tertiary/aromatic N) is 1. The third-order valence-corrected chi connectivity index (χ3v) is 4.33. The van der Waals surface area contributed by atoms with E-state index in [1.807, 2.05) is 0 Å². The fraction of sp³-hybridized carbons (Fsp3) is 0.333. The van der Waals surface area contributed by atoms with E-state index in [4.69, 9.17) is 11.6 Å². The molecule has 1 aromatic carbocycles. The molecule has 8 heteroatoms. The molecule has 3 rings (SSSR count). The first kappa shape index (κ1) is 15.9. The predicted molar refractivity (Wildman–Crippen MR) is 78.0 cm³/mol. The van der Waals surface area contributed by atoms with Gasteiger partial charge in [0.2, 0.25) is 5.43 Å². The van der Waals surface area contributed by atoms with Crippen LogP contribution in [0.2, 0.25) is 5.02 Å². The lowest BCUT2D eigenvalue weighted by Gasteiger charge is -2.19. The van der Waals surface area contributed by atoms with Crippen molar-refractivity contribution in [2.45, 2.75) is 32.0 Å². The largest absolute Gasteiger partial charge is 0.477 e. The molecule has 1 aliphatic rings. The second-order valence-corrected chi connectivity index (χ2v) is 5.76. The molecule has 0 spiro atoms. The summed E-state index contributed by atoms with van der Waals surface area (Å²) < 4.78 is 42.2. The molecule has 0 unspecified atom stereocenters. The zero-order valence-corrected chi connectivity index (χ0v) is 12.6. The van der Waals surface area contributed by atoms with Crippen molar-refractivity contribution in [2.24, 2.45) is 0 Å². The molecule has 1 N–H and O–H groups in total. The Hall–Kier alpha value is -2.02.